The first-order valence-corrected chi connectivity index (χ1v) is 7.00. The van der Waals surface area contributed by atoms with Crippen molar-refractivity contribution in [3.8, 4) is 5.75 Å². The summed E-state index contributed by atoms with van der Waals surface area (Å²) >= 11 is 0. The Hall–Kier alpha value is -3.15. The van der Waals surface area contributed by atoms with Crippen LogP contribution in [-0.4, -0.2) is 27.8 Å². The highest BCUT2D eigenvalue weighted by atomic mass is 16.4. The first-order valence-electron chi connectivity index (χ1n) is 7.00. The summed E-state index contributed by atoms with van der Waals surface area (Å²) in [5.41, 5.74) is 3.64. The molecule has 6 heteroatoms. The number of phenolic OH excluding ortho intramolecular Hbond substituents is 1. The van der Waals surface area contributed by atoms with Crippen molar-refractivity contribution in [1.29, 1.82) is 0 Å². The molecule has 0 unspecified atom stereocenters. The van der Waals surface area contributed by atoms with Crippen molar-refractivity contribution in [1.82, 2.24) is 5.43 Å². The van der Waals surface area contributed by atoms with Crippen molar-refractivity contribution in [3.63, 3.8) is 0 Å². The number of benzene rings is 2. The van der Waals surface area contributed by atoms with Gasteiger partial charge in [-0.15, -0.1) is 0 Å². The van der Waals surface area contributed by atoms with E-state index in [-0.39, 0.29) is 24.2 Å². The molecule has 0 fully saturated rings. The van der Waals surface area contributed by atoms with Crippen molar-refractivity contribution in [2.75, 3.05) is 0 Å². The second-order valence-corrected chi connectivity index (χ2v) is 4.78. The first kappa shape index (κ1) is 16.2. The molecule has 2 aromatic carbocycles. The number of phenols is 1. The summed E-state index contributed by atoms with van der Waals surface area (Å²) < 4.78 is 0. The predicted octanol–water partition coefficient (Wildman–Crippen LogP) is 2.39. The Morgan fingerprint density at radius 2 is 1.61 bits per heavy atom. The molecule has 0 saturated carbocycles. The third-order valence-corrected chi connectivity index (χ3v) is 3.12. The van der Waals surface area contributed by atoms with E-state index < -0.39 is 11.9 Å². The van der Waals surface area contributed by atoms with E-state index in [1.807, 2.05) is 6.07 Å². The van der Waals surface area contributed by atoms with Gasteiger partial charge in [0.2, 0.25) is 0 Å². The van der Waals surface area contributed by atoms with Crippen LogP contribution < -0.4 is 5.43 Å². The average Bonchev–Trinajstić information content (AvgIpc) is 2.55. The Labute approximate surface area is 133 Å². The summed E-state index contributed by atoms with van der Waals surface area (Å²) in [4.78, 5) is 22.8. The Bertz CT molecular complexity index is 726. The molecule has 23 heavy (non-hydrogen) atoms. The van der Waals surface area contributed by atoms with Gasteiger partial charge in [0.1, 0.15) is 5.75 Å². The normalized spacial score (nSPS) is 11.0. The molecule has 6 nitrogen and oxygen atoms in total. The lowest BCUT2D eigenvalue weighted by molar-refractivity contribution is -0.136. The molecular weight excluding hydrogens is 296 g/mol. The van der Waals surface area contributed by atoms with Crippen molar-refractivity contribution >= 4 is 17.6 Å². The van der Waals surface area contributed by atoms with E-state index in [9.17, 15) is 14.7 Å². The number of carbonyl (C=O) groups is 2. The van der Waals surface area contributed by atoms with Crippen molar-refractivity contribution in [2.24, 2.45) is 5.10 Å². The zero-order valence-corrected chi connectivity index (χ0v) is 12.3. The van der Waals surface area contributed by atoms with Crippen LogP contribution in [0.3, 0.4) is 0 Å². The molecule has 118 valence electrons. The van der Waals surface area contributed by atoms with Gasteiger partial charge in [0, 0.05) is 6.42 Å². The molecule has 0 radical (unpaired) electrons. The number of hydrogen-bond donors (Lipinski definition) is 3. The third kappa shape index (κ3) is 4.67. The second kappa shape index (κ2) is 7.74. The van der Waals surface area contributed by atoms with E-state index in [1.165, 1.54) is 12.1 Å². The Kier molecular flexibility index (Phi) is 5.46. The fraction of sp³-hybridized carbons (Fsp3) is 0.118. The van der Waals surface area contributed by atoms with Crippen LogP contribution in [0.4, 0.5) is 0 Å². The van der Waals surface area contributed by atoms with Gasteiger partial charge < -0.3 is 10.2 Å². The summed E-state index contributed by atoms with van der Waals surface area (Å²) in [6, 6.07) is 15.1. The molecule has 0 spiro atoms. The van der Waals surface area contributed by atoms with Gasteiger partial charge in [0.05, 0.1) is 17.7 Å². The van der Waals surface area contributed by atoms with Crippen molar-refractivity contribution in [3.05, 3.63) is 65.7 Å². The number of rotatable bonds is 6. The first-order chi connectivity index (χ1) is 11.1. The molecule has 3 N–H and O–H groups in total. The van der Waals surface area contributed by atoms with Gasteiger partial charge in [-0.1, -0.05) is 42.5 Å². The molecular formula is C17H16N2O4. The smallest absolute Gasteiger partial charge is 0.303 e. The molecule has 0 bridgehead atoms. The number of nitrogens with zero attached hydrogens (tertiary/aromatic N) is 1. The van der Waals surface area contributed by atoms with Gasteiger partial charge in [0.15, 0.2) is 0 Å². The van der Waals surface area contributed by atoms with Crippen molar-refractivity contribution < 1.29 is 19.8 Å². The van der Waals surface area contributed by atoms with Gasteiger partial charge >= 0.3 is 5.97 Å². The van der Waals surface area contributed by atoms with Crippen LogP contribution in [0.1, 0.15) is 28.8 Å². The molecule has 0 aliphatic carbocycles. The zero-order chi connectivity index (χ0) is 16.7. The average molecular weight is 312 g/mol. The number of carboxylic acids is 1. The fourth-order valence-electron chi connectivity index (χ4n) is 1.96. The number of aromatic hydroxyl groups is 1. The van der Waals surface area contributed by atoms with Crippen LogP contribution in [0, 0.1) is 0 Å². The number of hydrazone groups is 1. The SMILES string of the molecule is O=C(O)CC/C(=N\NC(=O)c1ccccc1O)c1ccccc1. The molecule has 0 aliphatic rings. The van der Waals surface area contributed by atoms with E-state index in [0.717, 1.165) is 5.56 Å². The topological polar surface area (TPSA) is 99.0 Å². The monoisotopic (exact) mass is 312 g/mol. The zero-order valence-electron chi connectivity index (χ0n) is 12.3. The van der Waals surface area contributed by atoms with Crippen molar-refractivity contribution in [2.45, 2.75) is 12.8 Å². The number of carboxylic acid groups (broad SMARTS) is 1. The lowest BCUT2D eigenvalue weighted by Crippen LogP contribution is -2.20. The molecule has 2 aromatic rings. The van der Waals surface area contributed by atoms with Gasteiger partial charge in [-0.05, 0) is 17.7 Å². The Balaban J connectivity index is 2.18. The van der Waals surface area contributed by atoms with E-state index in [1.54, 1.807) is 36.4 Å². The van der Waals surface area contributed by atoms with Gasteiger partial charge in [-0.25, -0.2) is 5.43 Å². The third-order valence-electron chi connectivity index (χ3n) is 3.12. The molecule has 0 aromatic heterocycles. The predicted molar refractivity (Wildman–Crippen MR) is 85.4 cm³/mol. The number of carbonyl (C=O) groups excluding carboxylic acids is 1. The highest BCUT2D eigenvalue weighted by Crippen LogP contribution is 2.15. The van der Waals surface area contributed by atoms with Crippen LogP contribution in [0.15, 0.2) is 59.7 Å². The lowest BCUT2D eigenvalue weighted by Gasteiger charge is -2.07. The van der Waals surface area contributed by atoms with Crippen LogP contribution in [0.25, 0.3) is 0 Å². The quantitative estimate of drug-likeness (QED) is 0.563. The summed E-state index contributed by atoms with van der Waals surface area (Å²) in [5.74, 6) is -1.65. The lowest BCUT2D eigenvalue weighted by atomic mass is 10.1. The van der Waals surface area contributed by atoms with Gasteiger partial charge in [-0.3, -0.25) is 9.59 Å². The van der Waals surface area contributed by atoms with Gasteiger partial charge in [-0.2, -0.15) is 5.10 Å². The maximum atomic E-state index is 12.0. The van der Waals surface area contributed by atoms with E-state index in [0.29, 0.717) is 5.71 Å². The number of amides is 1. The molecule has 0 saturated heterocycles. The maximum Gasteiger partial charge on any atom is 0.303 e. The van der Waals surface area contributed by atoms with Crippen LogP contribution in [0.2, 0.25) is 0 Å². The molecule has 0 heterocycles. The van der Waals surface area contributed by atoms with Crippen LogP contribution in [-0.2, 0) is 4.79 Å². The minimum atomic E-state index is -0.944. The van der Waals surface area contributed by atoms with Gasteiger partial charge in [0.25, 0.3) is 5.91 Å². The fourth-order valence-corrected chi connectivity index (χ4v) is 1.96. The summed E-state index contributed by atoms with van der Waals surface area (Å²) in [6.07, 6.45) is 0.0839. The van der Waals surface area contributed by atoms with E-state index >= 15 is 0 Å². The second-order valence-electron chi connectivity index (χ2n) is 4.78. The largest absolute Gasteiger partial charge is 0.507 e. The number of nitrogens with one attached hydrogen (secondary N) is 1. The number of para-hydroxylation sites is 1. The standard InChI is InChI=1S/C17H16N2O4/c20-15-9-5-4-8-13(15)17(23)19-18-14(10-11-16(21)22)12-6-2-1-3-7-12/h1-9,20H,10-11H2,(H,19,23)(H,21,22)/b18-14+. The Morgan fingerprint density at radius 3 is 2.26 bits per heavy atom. The number of hydrogen-bond acceptors (Lipinski definition) is 4. The molecule has 2 rings (SSSR count). The summed E-state index contributed by atoms with van der Waals surface area (Å²) in [5, 5.41) is 22.5. The summed E-state index contributed by atoms with van der Waals surface area (Å²) in [7, 11) is 0. The number of aliphatic carboxylic acids is 1. The van der Waals surface area contributed by atoms with Crippen LogP contribution >= 0.6 is 0 Å². The minimum Gasteiger partial charge on any atom is -0.507 e. The molecule has 1 amide bonds. The van der Waals surface area contributed by atoms with E-state index in [2.05, 4.69) is 10.5 Å². The maximum absolute atomic E-state index is 12.0. The minimum absolute atomic E-state index is 0.0970. The summed E-state index contributed by atoms with van der Waals surface area (Å²) in [6.45, 7) is 0. The molecule has 0 aliphatic heterocycles. The molecule has 0 atom stereocenters. The highest BCUT2D eigenvalue weighted by molar-refractivity contribution is 6.03. The highest BCUT2D eigenvalue weighted by Gasteiger charge is 2.11. The van der Waals surface area contributed by atoms with Crippen LogP contribution in [0.5, 0.6) is 5.75 Å². The van der Waals surface area contributed by atoms with E-state index in [4.69, 9.17) is 5.11 Å². The Morgan fingerprint density at radius 1 is 0.957 bits per heavy atom.